The topological polar surface area (TPSA) is 55.0 Å². The van der Waals surface area contributed by atoms with Crippen LogP contribution in [0, 0.1) is 13.8 Å². The molecule has 2 heterocycles. The lowest BCUT2D eigenvalue weighted by Gasteiger charge is -2.25. The van der Waals surface area contributed by atoms with E-state index in [4.69, 9.17) is 5.73 Å². The quantitative estimate of drug-likeness (QED) is 0.907. The minimum absolute atomic E-state index is 0.500. The first-order chi connectivity index (χ1) is 9.63. The Morgan fingerprint density at radius 2 is 2.00 bits per heavy atom. The Bertz CT molecular complexity index is 580. The monoisotopic (exact) mass is 270 g/mol. The van der Waals surface area contributed by atoms with E-state index in [1.807, 2.05) is 32.2 Å². The van der Waals surface area contributed by atoms with Gasteiger partial charge in [0, 0.05) is 41.9 Å². The highest BCUT2D eigenvalue weighted by molar-refractivity contribution is 5.53. The van der Waals surface area contributed by atoms with Crippen LogP contribution in [0.2, 0.25) is 0 Å². The first-order valence-corrected chi connectivity index (χ1v) is 6.97. The zero-order valence-corrected chi connectivity index (χ0v) is 12.4. The van der Waals surface area contributed by atoms with Crippen LogP contribution < -0.4 is 10.6 Å². The maximum absolute atomic E-state index is 5.83. The third kappa shape index (κ3) is 3.33. The summed E-state index contributed by atoms with van der Waals surface area (Å²) in [5.41, 5.74) is 11.2. The van der Waals surface area contributed by atoms with Gasteiger partial charge in [-0.2, -0.15) is 0 Å². The average Bonchev–Trinajstić information content (AvgIpc) is 2.45. The molecular weight excluding hydrogens is 248 g/mol. The Hall–Kier alpha value is -1.94. The predicted molar refractivity (Wildman–Crippen MR) is 82.6 cm³/mol. The van der Waals surface area contributed by atoms with Crippen LogP contribution in [-0.4, -0.2) is 16.5 Å². The lowest BCUT2D eigenvalue weighted by molar-refractivity contribution is 0.794. The van der Waals surface area contributed by atoms with Crippen LogP contribution in [0.1, 0.15) is 29.6 Å². The second-order valence-electron chi connectivity index (χ2n) is 4.94. The zero-order chi connectivity index (χ0) is 14.5. The molecule has 0 aliphatic heterocycles. The zero-order valence-electron chi connectivity index (χ0n) is 12.4. The fourth-order valence-electron chi connectivity index (χ4n) is 2.28. The highest BCUT2D eigenvalue weighted by Gasteiger charge is 2.11. The number of nitrogens with zero attached hydrogens (tertiary/aromatic N) is 3. The Kier molecular flexibility index (Phi) is 4.69. The van der Waals surface area contributed by atoms with E-state index in [-0.39, 0.29) is 0 Å². The molecule has 0 bridgehead atoms. The van der Waals surface area contributed by atoms with Gasteiger partial charge < -0.3 is 10.6 Å². The molecule has 4 heteroatoms. The van der Waals surface area contributed by atoms with Crippen LogP contribution in [-0.2, 0) is 13.1 Å². The molecule has 106 valence electrons. The van der Waals surface area contributed by atoms with Gasteiger partial charge in [0.1, 0.15) is 0 Å². The third-order valence-electron chi connectivity index (χ3n) is 3.34. The van der Waals surface area contributed by atoms with E-state index in [1.54, 1.807) is 0 Å². The van der Waals surface area contributed by atoms with Gasteiger partial charge in [-0.05, 0) is 39.0 Å². The molecule has 2 N–H and O–H groups in total. The maximum Gasteiger partial charge on any atom is 0.0602 e. The van der Waals surface area contributed by atoms with Gasteiger partial charge in [-0.3, -0.25) is 9.97 Å². The van der Waals surface area contributed by atoms with Crippen molar-refractivity contribution in [3.05, 3.63) is 53.1 Å². The molecule has 0 spiro atoms. The van der Waals surface area contributed by atoms with Crippen molar-refractivity contribution in [3.8, 4) is 0 Å². The lowest BCUT2D eigenvalue weighted by Crippen LogP contribution is -2.24. The molecule has 2 aromatic rings. The molecule has 2 rings (SSSR count). The standard InChI is InChI=1S/C16H22N4/c1-4-20(11-15-7-5-6-12(2)19-15)16-8-13(3)18-10-14(16)9-17/h5-8,10H,4,9,11,17H2,1-3H3. The molecule has 0 aliphatic carbocycles. The van der Waals surface area contributed by atoms with E-state index >= 15 is 0 Å². The molecule has 0 aliphatic rings. The van der Waals surface area contributed by atoms with E-state index in [2.05, 4.69) is 33.9 Å². The molecule has 0 aromatic carbocycles. The molecule has 0 amide bonds. The van der Waals surface area contributed by atoms with Crippen molar-refractivity contribution in [3.63, 3.8) is 0 Å². The minimum atomic E-state index is 0.500. The Morgan fingerprint density at radius 1 is 1.20 bits per heavy atom. The maximum atomic E-state index is 5.83. The normalized spacial score (nSPS) is 10.6. The van der Waals surface area contributed by atoms with Gasteiger partial charge in [0.25, 0.3) is 0 Å². The predicted octanol–water partition coefficient (Wildman–Crippen LogP) is 2.58. The smallest absolute Gasteiger partial charge is 0.0602 e. The summed E-state index contributed by atoms with van der Waals surface area (Å²) in [4.78, 5) is 11.2. The fraction of sp³-hybridized carbons (Fsp3) is 0.375. The second-order valence-corrected chi connectivity index (χ2v) is 4.94. The van der Waals surface area contributed by atoms with Crippen molar-refractivity contribution in [2.75, 3.05) is 11.4 Å². The summed E-state index contributed by atoms with van der Waals surface area (Å²) in [6, 6.07) is 8.22. The Balaban J connectivity index is 2.30. The number of aryl methyl sites for hydroxylation is 2. The van der Waals surface area contributed by atoms with E-state index in [0.29, 0.717) is 6.54 Å². The van der Waals surface area contributed by atoms with Crippen molar-refractivity contribution >= 4 is 5.69 Å². The first kappa shape index (κ1) is 14.5. The molecule has 20 heavy (non-hydrogen) atoms. The van der Waals surface area contributed by atoms with E-state index in [9.17, 15) is 0 Å². The van der Waals surface area contributed by atoms with E-state index < -0.39 is 0 Å². The van der Waals surface area contributed by atoms with Crippen molar-refractivity contribution in [2.45, 2.75) is 33.9 Å². The molecule has 0 radical (unpaired) electrons. The largest absolute Gasteiger partial charge is 0.366 e. The summed E-state index contributed by atoms with van der Waals surface area (Å²) < 4.78 is 0. The van der Waals surface area contributed by atoms with Crippen LogP contribution in [0.15, 0.2) is 30.5 Å². The average molecular weight is 270 g/mol. The van der Waals surface area contributed by atoms with Crippen LogP contribution in [0.5, 0.6) is 0 Å². The number of pyridine rings is 2. The molecular formula is C16H22N4. The SMILES string of the molecule is CCN(Cc1cccc(C)n1)c1cc(C)ncc1CN. The van der Waals surface area contributed by atoms with E-state index in [0.717, 1.165) is 41.4 Å². The van der Waals surface area contributed by atoms with Crippen molar-refractivity contribution in [1.29, 1.82) is 0 Å². The van der Waals surface area contributed by atoms with Gasteiger partial charge >= 0.3 is 0 Å². The van der Waals surface area contributed by atoms with Gasteiger partial charge in [-0.1, -0.05) is 6.07 Å². The summed E-state index contributed by atoms with van der Waals surface area (Å²) in [5, 5.41) is 0. The molecule has 4 nitrogen and oxygen atoms in total. The molecule has 0 fully saturated rings. The second kappa shape index (κ2) is 6.48. The summed E-state index contributed by atoms with van der Waals surface area (Å²) >= 11 is 0. The van der Waals surface area contributed by atoms with Crippen molar-refractivity contribution in [2.24, 2.45) is 5.73 Å². The Labute approximate surface area is 120 Å². The molecule has 0 saturated heterocycles. The molecule has 0 saturated carbocycles. The molecule has 2 aromatic heterocycles. The van der Waals surface area contributed by atoms with Crippen molar-refractivity contribution < 1.29 is 0 Å². The van der Waals surface area contributed by atoms with Crippen LogP contribution in [0.3, 0.4) is 0 Å². The van der Waals surface area contributed by atoms with E-state index in [1.165, 1.54) is 0 Å². The highest BCUT2D eigenvalue weighted by atomic mass is 15.1. The number of hydrogen-bond acceptors (Lipinski definition) is 4. The van der Waals surface area contributed by atoms with Gasteiger partial charge in [-0.15, -0.1) is 0 Å². The number of rotatable bonds is 5. The van der Waals surface area contributed by atoms with Crippen molar-refractivity contribution in [1.82, 2.24) is 9.97 Å². The summed E-state index contributed by atoms with van der Waals surface area (Å²) in [6.45, 7) is 8.36. The Morgan fingerprint density at radius 3 is 2.65 bits per heavy atom. The third-order valence-corrected chi connectivity index (χ3v) is 3.34. The van der Waals surface area contributed by atoms with Gasteiger partial charge in [0.15, 0.2) is 0 Å². The number of hydrogen-bond donors (Lipinski definition) is 1. The molecule has 0 atom stereocenters. The number of nitrogens with two attached hydrogens (primary N) is 1. The summed E-state index contributed by atoms with van der Waals surface area (Å²) in [6.07, 6.45) is 1.87. The van der Waals surface area contributed by atoms with Gasteiger partial charge in [0.2, 0.25) is 0 Å². The lowest BCUT2D eigenvalue weighted by atomic mass is 10.1. The highest BCUT2D eigenvalue weighted by Crippen LogP contribution is 2.22. The van der Waals surface area contributed by atoms with Crippen LogP contribution in [0.25, 0.3) is 0 Å². The number of anilines is 1. The number of aromatic nitrogens is 2. The summed E-state index contributed by atoms with van der Waals surface area (Å²) in [5.74, 6) is 0. The summed E-state index contributed by atoms with van der Waals surface area (Å²) in [7, 11) is 0. The van der Waals surface area contributed by atoms with Crippen LogP contribution in [0.4, 0.5) is 5.69 Å². The van der Waals surface area contributed by atoms with Crippen LogP contribution >= 0.6 is 0 Å². The van der Waals surface area contributed by atoms with Gasteiger partial charge in [0.05, 0.1) is 12.2 Å². The molecule has 0 unspecified atom stereocenters. The fourth-order valence-corrected chi connectivity index (χ4v) is 2.28. The minimum Gasteiger partial charge on any atom is -0.366 e. The van der Waals surface area contributed by atoms with Gasteiger partial charge in [-0.25, -0.2) is 0 Å². The first-order valence-electron chi connectivity index (χ1n) is 6.97.